The van der Waals surface area contributed by atoms with E-state index in [0.717, 1.165) is 85.9 Å². The van der Waals surface area contributed by atoms with E-state index in [1.54, 1.807) is 11.3 Å². The summed E-state index contributed by atoms with van der Waals surface area (Å²) in [5, 5.41) is 7.26. The molecule has 1 N–H and O–H groups in total. The van der Waals surface area contributed by atoms with Crippen molar-refractivity contribution in [2.45, 2.75) is 18.9 Å². The predicted octanol–water partition coefficient (Wildman–Crippen LogP) is 4.39. The summed E-state index contributed by atoms with van der Waals surface area (Å²) in [7, 11) is 2.08. The Morgan fingerprint density at radius 1 is 0.973 bits per heavy atom. The number of hydrogen-bond donors (Lipinski definition) is 1. The molecule has 3 aliphatic heterocycles. The van der Waals surface area contributed by atoms with E-state index in [1.807, 2.05) is 58.8 Å². The molecule has 2 saturated heterocycles. The van der Waals surface area contributed by atoms with Crippen LogP contribution in [-0.4, -0.2) is 78.5 Å². The molecule has 0 radical (unpaired) electrons. The molecule has 0 aliphatic carbocycles. The topological polar surface area (TPSA) is 68.2 Å². The first-order valence-corrected chi connectivity index (χ1v) is 13.9. The largest absolute Gasteiger partial charge is 0.336 e. The lowest BCUT2D eigenvalue weighted by Gasteiger charge is -2.32. The van der Waals surface area contributed by atoms with Crippen molar-refractivity contribution in [1.29, 1.82) is 0 Å². The zero-order valence-corrected chi connectivity index (χ0v) is 21.8. The molecule has 2 amide bonds. The summed E-state index contributed by atoms with van der Waals surface area (Å²) < 4.78 is 0. The van der Waals surface area contributed by atoms with Crippen LogP contribution in [0.5, 0.6) is 0 Å². The normalized spacial score (nSPS) is 18.6. The van der Waals surface area contributed by atoms with Gasteiger partial charge in [-0.3, -0.25) is 14.5 Å². The van der Waals surface area contributed by atoms with Gasteiger partial charge in [-0.2, -0.15) is 11.3 Å². The van der Waals surface area contributed by atoms with Crippen molar-refractivity contribution in [1.82, 2.24) is 14.7 Å². The molecule has 7 nitrogen and oxygen atoms in total. The Morgan fingerprint density at radius 3 is 2.54 bits per heavy atom. The summed E-state index contributed by atoms with van der Waals surface area (Å²) in [5.74, 6) is 0.0651. The number of likely N-dealkylation sites (tertiary alicyclic amines) is 1. The van der Waals surface area contributed by atoms with Crippen LogP contribution in [0.4, 0.5) is 11.4 Å². The highest BCUT2D eigenvalue weighted by atomic mass is 32.1. The van der Waals surface area contributed by atoms with Gasteiger partial charge in [-0.05, 0) is 85.7 Å². The maximum atomic E-state index is 13.4. The van der Waals surface area contributed by atoms with Crippen molar-refractivity contribution in [2.24, 2.45) is 4.99 Å². The highest BCUT2D eigenvalue weighted by Gasteiger charge is 2.31. The quantitative estimate of drug-likeness (QED) is 0.415. The van der Waals surface area contributed by atoms with E-state index in [1.165, 1.54) is 0 Å². The highest BCUT2D eigenvalue weighted by Crippen LogP contribution is 2.36. The second kappa shape index (κ2) is 10.2. The van der Waals surface area contributed by atoms with Gasteiger partial charge in [-0.25, -0.2) is 4.99 Å². The monoisotopic (exact) mass is 513 g/mol. The number of aliphatic imine (C=N–C) groups is 1. The molecule has 8 heteroatoms. The van der Waals surface area contributed by atoms with Crippen LogP contribution in [0.1, 0.15) is 45.9 Å². The van der Waals surface area contributed by atoms with Crippen LogP contribution in [0.15, 0.2) is 64.3 Å². The fourth-order valence-electron chi connectivity index (χ4n) is 5.41. The van der Waals surface area contributed by atoms with E-state index in [4.69, 9.17) is 4.99 Å². The first kappa shape index (κ1) is 24.0. The molecule has 1 unspecified atom stereocenters. The smallest absolute Gasteiger partial charge is 0.253 e. The number of carbonyl (C=O) groups excluding carboxylic acids is 2. The van der Waals surface area contributed by atoms with Crippen LogP contribution >= 0.6 is 11.3 Å². The highest BCUT2D eigenvalue weighted by molar-refractivity contribution is 7.08. The van der Waals surface area contributed by atoms with Gasteiger partial charge >= 0.3 is 0 Å². The van der Waals surface area contributed by atoms with Crippen LogP contribution in [-0.2, 0) is 4.79 Å². The van der Waals surface area contributed by atoms with Gasteiger partial charge in [0.1, 0.15) is 6.04 Å². The van der Waals surface area contributed by atoms with Crippen molar-refractivity contribution in [3.63, 3.8) is 0 Å². The van der Waals surface area contributed by atoms with Gasteiger partial charge < -0.3 is 15.1 Å². The maximum Gasteiger partial charge on any atom is 0.253 e. The molecule has 0 bridgehead atoms. The van der Waals surface area contributed by atoms with Gasteiger partial charge in [0.25, 0.3) is 5.91 Å². The molecular weight excluding hydrogens is 482 g/mol. The number of amides is 2. The SMILES string of the molecule is CN1CCN(C(=O)c2cccc(C3=Nc4ccc(NC(=O)C(c5ccsc5)N5CCCC5)cc43)c2)CC1. The molecular formula is C29H31N5O2S. The van der Waals surface area contributed by atoms with E-state index in [2.05, 4.69) is 27.5 Å². The van der Waals surface area contributed by atoms with Crippen molar-refractivity contribution < 1.29 is 9.59 Å². The van der Waals surface area contributed by atoms with Gasteiger partial charge in [0.05, 0.1) is 11.4 Å². The van der Waals surface area contributed by atoms with Crippen LogP contribution < -0.4 is 5.32 Å². The van der Waals surface area contributed by atoms with E-state index in [9.17, 15) is 9.59 Å². The van der Waals surface area contributed by atoms with Crippen molar-refractivity contribution in [3.8, 4) is 0 Å². The number of carbonyl (C=O) groups is 2. The number of likely N-dealkylation sites (N-methyl/N-ethyl adjacent to an activating group) is 1. The maximum absolute atomic E-state index is 13.4. The molecule has 1 atom stereocenters. The number of anilines is 1. The average molecular weight is 514 g/mol. The lowest BCUT2D eigenvalue weighted by atomic mass is 9.93. The Bertz CT molecular complexity index is 1340. The number of piperazine rings is 1. The van der Waals surface area contributed by atoms with Gasteiger partial charge in [0.15, 0.2) is 0 Å². The van der Waals surface area contributed by atoms with Gasteiger partial charge in [0.2, 0.25) is 5.91 Å². The minimum absolute atomic E-state index is 0.00201. The lowest BCUT2D eigenvalue weighted by molar-refractivity contribution is -0.121. The van der Waals surface area contributed by atoms with E-state index in [-0.39, 0.29) is 17.9 Å². The molecule has 3 aliphatic rings. The molecule has 6 rings (SSSR count). The summed E-state index contributed by atoms with van der Waals surface area (Å²) in [6.07, 6.45) is 2.26. The van der Waals surface area contributed by atoms with Crippen LogP contribution in [0, 0.1) is 0 Å². The number of nitrogens with one attached hydrogen (secondary N) is 1. The number of benzene rings is 2. The number of thiophene rings is 1. The van der Waals surface area contributed by atoms with E-state index in [0.29, 0.717) is 5.56 Å². The summed E-state index contributed by atoms with van der Waals surface area (Å²) in [4.78, 5) is 37.7. The standard InChI is InChI=1S/C29H31N5O2S/c1-32-12-14-34(15-13-32)29(36)21-6-4-5-20(17-21)26-24-18-23(7-8-25(24)31-26)30-28(35)27(22-9-16-37-19-22)33-10-2-3-11-33/h4-9,16-19,27H,2-3,10-15H2,1H3,(H,30,35). The Balaban J connectivity index is 1.19. The molecule has 1 aromatic heterocycles. The Morgan fingerprint density at radius 2 is 1.78 bits per heavy atom. The fourth-order valence-corrected chi connectivity index (χ4v) is 6.09. The summed E-state index contributed by atoms with van der Waals surface area (Å²) in [6.45, 7) is 5.17. The van der Waals surface area contributed by atoms with Gasteiger partial charge in [-0.1, -0.05) is 12.1 Å². The second-order valence-corrected chi connectivity index (χ2v) is 10.8. The number of nitrogens with zero attached hydrogens (tertiary/aromatic N) is 4. The molecule has 2 aromatic carbocycles. The zero-order chi connectivity index (χ0) is 25.4. The molecule has 37 heavy (non-hydrogen) atoms. The third-order valence-corrected chi connectivity index (χ3v) is 8.24. The summed E-state index contributed by atoms with van der Waals surface area (Å²) in [5.41, 5.74) is 6.18. The predicted molar refractivity (Wildman–Crippen MR) is 148 cm³/mol. The van der Waals surface area contributed by atoms with Gasteiger partial charge in [-0.15, -0.1) is 0 Å². The average Bonchev–Trinajstić information content (AvgIpc) is 3.62. The lowest BCUT2D eigenvalue weighted by Crippen LogP contribution is -2.47. The minimum Gasteiger partial charge on any atom is -0.336 e. The van der Waals surface area contributed by atoms with Crippen molar-refractivity contribution in [2.75, 3.05) is 51.6 Å². The molecule has 4 heterocycles. The number of rotatable bonds is 6. The fraction of sp³-hybridized carbons (Fsp3) is 0.345. The van der Waals surface area contributed by atoms with Gasteiger partial charge in [0, 0.05) is 48.6 Å². The zero-order valence-electron chi connectivity index (χ0n) is 21.0. The van der Waals surface area contributed by atoms with Crippen molar-refractivity contribution in [3.05, 3.63) is 81.5 Å². The Kier molecular flexibility index (Phi) is 6.63. The molecule has 0 spiro atoms. The number of hydrogen-bond acceptors (Lipinski definition) is 6. The third kappa shape index (κ3) is 4.84. The first-order valence-electron chi connectivity index (χ1n) is 13.0. The first-order chi connectivity index (χ1) is 18.1. The molecule has 190 valence electrons. The summed E-state index contributed by atoms with van der Waals surface area (Å²) in [6, 6.07) is 15.4. The third-order valence-electron chi connectivity index (χ3n) is 7.54. The molecule has 3 aromatic rings. The van der Waals surface area contributed by atoms with E-state index >= 15 is 0 Å². The second-order valence-electron chi connectivity index (χ2n) is 10.1. The number of fused-ring (bicyclic) bond motifs is 1. The van der Waals surface area contributed by atoms with Crippen LogP contribution in [0.2, 0.25) is 0 Å². The van der Waals surface area contributed by atoms with Crippen LogP contribution in [0.3, 0.4) is 0 Å². The van der Waals surface area contributed by atoms with E-state index < -0.39 is 0 Å². The summed E-state index contributed by atoms with van der Waals surface area (Å²) >= 11 is 1.62. The molecule has 0 saturated carbocycles. The molecule has 2 fully saturated rings. The van der Waals surface area contributed by atoms with Crippen LogP contribution in [0.25, 0.3) is 0 Å². The Labute approximate surface area is 221 Å². The van der Waals surface area contributed by atoms with Crippen molar-refractivity contribution >= 4 is 40.2 Å². The minimum atomic E-state index is -0.273. The Hall–Kier alpha value is -3.33.